The summed E-state index contributed by atoms with van der Waals surface area (Å²) in [5, 5.41) is 16.9. The normalized spacial score (nSPS) is 11.2. The van der Waals surface area contributed by atoms with Gasteiger partial charge in [0.2, 0.25) is 0 Å². The first-order valence-corrected chi connectivity index (χ1v) is 9.51. The van der Waals surface area contributed by atoms with Gasteiger partial charge in [0.15, 0.2) is 0 Å². The van der Waals surface area contributed by atoms with Gasteiger partial charge in [0.25, 0.3) is 5.91 Å². The van der Waals surface area contributed by atoms with E-state index in [1.807, 2.05) is 54.9 Å². The molecule has 0 aliphatic heterocycles. The van der Waals surface area contributed by atoms with Gasteiger partial charge < -0.3 is 5.32 Å². The van der Waals surface area contributed by atoms with Crippen LogP contribution in [0.2, 0.25) is 0 Å². The number of carbonyl (C=O) groups excluding carboxylic acids is 1. The standard InChI is InChI=1S/C24H24N4O/c1-17-9-11-21(12-10-17)16-28-19(3)23(18(2)27-28)13-22(14-25)24(29)26-15-20-7-5-4-6-8-20/h4-13H,15-16H2,1-3H3,(H,26,29)/b22-13+. The highest BCUT2D eigenvalue weighted by Crippen LogP contribution is 2.18. The van der Waals surface area contributed by atoms with Gasteiger partial charge in [0.1, 0.15) is 11.6 Å². The summed E-state index contributed by atoms with van der Waals surface area (Å²) in [6.07, 6.45) is 1.63. The van der Waals surface area contributed by atoms with Crippen LogP contribution in [0.4, 0.5) is 0 Å². The SMILES string of the molecule is Cc1ccc(Cn2nc(C)c(/C=C(\C#N)C(=O)NCc3ccccc3)c2C)cc1. The van der Waals surface area contributed by atoms with Crippen molar-refractivity contribution in [2.45, 2.75) is 33.9 Å². The Morgan fingerprint density at radius 3 is 2.41 bits per heavy atom. The third-order valence-electron chi connectivity index (χ3n) is 4.84. The van der Waals surface area contributed by atoms with E-state index in [0.29, 0.717) is 13.1 Å². The van der Waals surface area contributed by atoms with Crippen LogP contribution in [0.1, 0.15) is 33.6 Å². The van der Waals surface area contributed by atoms with Gasteiger partial charge in [-0.3, -0.25) is 9.48 Å². The first-order valence-electron chi connectivity index (χ1n) is 9.51. The molecule has 2 aromatic carbocycles. The first kappa shape index (κ1) is 20.1. The molecule has 0 radical (unpaired) electrons. The summed E-state index contributed by atoms with van der Waals surface area (Å²) in [6, 6.07) is 19.9. The summed E-state index contributed by atoms with van der Waals surface area (Å²) in [6.45, 7) is 6.92. The number of carbonyl (C=O) groups is 1. The molecule has 0 aliphatic carbocycles. The highest BCUT2D eigenvalue weighted by molar-refractivity contribution is 6.01. The Hall–Kier alpha value is -3.65. The van der Waals surface area contributed by atoms with Crippen molar-refractivity contribution < 1.29 is 4.79 Å². The molecule has 5 nitrogen and oxygen atoms in total. The molecule has 0 saturated carbocycles. The maximum Gasteiger partial charge on any atom is 0.262 e. The first-order chi connectivity index (χ1) is 14.0. The van der Waals surface area contributed by atoms with E-state index in [2.05, 4.69) is 41.6 Å². The Kier molecular flexibility index (Phi) is 6.25. The molecule has 1 N–H and O–H groups in total. The van der Waals surface area contributed by atoms with Crippen LogP contribution in [0.3, 0.4) is 0 Å². The predicted octanol–water partition coefficient (Wildman–Crippen LogP) is 4.08. The van der Waals surface area contributed by atoms with Crippen molar-refractivity contribution in [3.05, 3.63) is 93.8 Å². The molecule has 0 aliphatic rings. The number of rotatable bonds is 6. The number of nitrogens with zero attached hydrogens (tertiary/aromatic N) is 3. The Morgan fingerprint density at radius 1 is 1.07 bits per heavy atom. The second-order valence-corrected chi connectivity index (χ2v) is 7.07. The molecule has 0 spiro atoms. The zero-order valence-corrected chi connectivity index (χ0v) is 16.9. The average Bonchev–Trinajstić information content (AvgIpc) is 2.99. The number of amides is 1. The van der Waals surface area contributed by atoms with Crippen molar-refractivity contribution >= 4 is 12.0 Å². The minimum atomic E-state index is -0.388. The Labute approximate surface area is 171 Å². The van der Waals surface area contributed by atoms with Crippen molar-refractivity contribution in [1.29, 1.82) is 5.26 Å². The van der Waals surface area contributed by atoms with E-state index in [0.717, 1.165) is 28.1 Å². The van der Waals surface area contributed by atoms with Crippen molar-refractivity contribution in [3.63, 3.8) is 0 Å². The van der Waals surface area contributed by atoms with Gasteiger partial charge in [0.05, 0.1) is 12.2 Å². The second-order valence-electron chi connectivity index (χ2n) is 7.07. The van der Waals surface area contributed by atoms with Crippen molar-refractivity contribution in [2.75, 3.05) is 0 Å². The van der Waals surface area contributed by atoms with Crippen LogP contribution in [0, 0.1) is 32.1 Å². The monoisotopic (exact) mass is 384 g/mol. The maximum atomic E-state index is 12.5. The molecular weight excluding hydrogens is 360 g/mol. The maximum absolute atomic E-state index is 12.5. The van der Waals surface area contributed by atoms with Gasteiger partial charge in [-0.2, -0.15) is 10.4 Å². The summed E-state index contributed by atoms with van der Waals surface area (Å²) >= 11 is 0. The number of nitrogens with one attached hydrogen (secondary N) is 1. The molecule has 1 amide bonds. The van der Waals surface area contributed by atoms with Crippen molar-refractivity contribution in [2.24, 2.45) is 0 Å². The van der Waals surface area contributed by atoms with Crippen LogP contribution in [-0.2, 0) is 17.9 Å². The molecule has 0 unspecified atom stereocenters. The molecule has 5 heteroatoms. The lowest BCUT2D eigenvalue weighted by Gasteiger charge is -2.06. The zero-order valence-electron chi connectivity index (χ0n) is 16.9. The van der Waals surface area contributed by atoms with E-state index in [-0.39, 0.29) is 11.5 Å². The summed E-state index contributed by atoms with van der Waals surface area (Å²) in [5.74, 6) is -0.388. The molecular formula is C24H24N4O. The lowest BCUT2D eigenvalue weighted by atomic mass is 10.1. The van der Waals surface area contributed by atoms with Gasteiger partial charge >= 0.3 is 0 Å². The van der Waals surface area contributed by atoms with Gasteiger partial charge in [-0.25, -0.2) is 0 Å². The molecule has 0 bridgehead atoms. The van der Waals surface area contributed by atoms with Gasteiger partial charge in [-0.1, -0.05) is 60.2 Å². The number of benzene rings is 2. The Morgan fingerprint density at radius 2 is 1.76 bits per heavy atom. The van der Waals surface area contributed by atoms with Crippen LogP contribution in [0.5, 0.6) is 0 Å². The number of nitriles is 1. The van der Waals surface area contributed by atoms with Crippen LogP contribution in [0.15, 0.2) is 60.2 Å². The minimum absolute atomic E-state index is 0.0713. The molecule has 1 aromatic heterocycles. The summed E-state index contributed by atoms with van der Waals surface area (Å²) in [5.41, 5.74) is 5.94. The highest BCUT2D eigenvalue weighted by Gasteiger charge is 2.14. The lowest BCUT2D eigenvalue weighted by Crippen LogP contribution is -2.23. The third-order valence-corrected chi connectivity index (χ3v) is 4.84. The van der Waals surface area contributed by atoms with Crippen LogP contribution >= 0.6 is 0 Å². The molecule has 0 atom stereocenters. The van der Waals surface area contributed by atoms with Gasteiger partial charge in [-0.15, -0.1) is 0 Å². The third kappa shape index (κ3) is 4.99. The molecule has 3 rings (SSSR count). The molecule has 29 heavy (non-hydrogen) atoms. The molecule has 146 valence electrons. The molecule has 0 fully saturated rings. The van der Waals surface area contributed by atoms with E-state index in [9.17, 15) is 10.1 Å². The van der Waals surface area contributed by atoms with Gasteiger partial charge in [0, 0.05) is 17.8 Å². The summed E-state index contributed by atoms with van der Waals surface area (Å²) in [4.78, 5) is 12.5. The van der Waals surface area contributed by atoms with E-state index in [1.165, 1.54) is 5.56 Å². The van der Waals surface area contributed by atoms with Crippen molar-refractivity contribution in [1.82, 2.24) is 15.1 Å². The fourth-order valence-electron chi connectivity index (χ4n) is 3.11. The number of aromatic nitrogens is 2. The molecule has 1 heterocycles. The van der Waals surface area contributed by atoms with E-state index < -0.39 is 0 Å². The largest absolute Gasteiger partial charge is 0.347 e. The topological polar surface area (TPSA) is 70.7 Å². The molecule has 3 aromatic rings. The van der Waals surface area contributed by atoms with E-state index in [4.69, 9.17) is 0 Å². The Bertz CT molecular complexity index is 1070. The van der Waals surface area contributed by atoms with E-state index in [1.54, 1.807) is 6.08 Å². The fraction of sp³-hybridized carbons (Fsp3) is 0.208. The lowest BCUT2D eigenvalue weighted by molar-refractivity contribution is -0.117. The van der Waals surface area contributed by atoms with Crippen molar-refractivity contribution in [3.8, 4) is 6.07 Å². The van der Waals surface area contributed by atoms with Crippen LogP contribution < -0.4 is 5.32 Å². The summed E-state index contributed by atoms with van der Waals surface area (Å²) in [7, 11) is 0. The summed E-state index contributed by atoms with van der Waals surface area (Å²) < 4.78 is 1.91. The number of hydrogen-bond acceptors (Lipinski definition) is 3. The smallest absolute Gasteiger partial charge is 0.262 e. The molecule has 0 saturated heterocycles. The fourth-order valence-corrected chi connectivity index (χ4v) is 3.11. The number of hydrogen-bond donors (Lipinski definition) is 1. The number of aryl methyl sites for hydroxylation is 2. The average molecular weight is 384 g/mol. The minimum Gasteiger partial charge on any atom is -0.347 e. The zero-order chi connectivity index (χ0) is 20.8. The van der Waals surface area contributed by atoms with E-state index >= 15 is 0 Å². The quantitative estimate of drug-likeness (QED) is 0.514. The Balaban J connectivity index is 1.78. The predicted molar refractivity (Wildman–Crippen MR) is 114 cm³/mol. The van der Waals surface area contributed by atoms with Gasteiger partial charge in [-0.05, 0) is 38.0 Å². The second kappa shape index (κ2) is 9.03. The highest BCUT2D eigenvalue weighted by atomic mass is 16.1. The van der Waals surface area contributed by atoms with Crippen LogP contribution in [-0.4, -0.2) is 15.7 Å². The van der Waals surface area contributed by atoms with Crippen LogP contribution in [0.25, 0.3) is 6.08 Å².